The zero-order valence-corrected chi connectivity index (χ0v) is 20.9. The number of hydrogen-bond acceptors (Lipinski definition) is 7. The van der Waals surface area contributed by atoms with Gasteiger partial charge in [-0.3, -0.25) is 19.7 Å². The molecule has 184 valence electrons. The van der Waals surface area contributed by atoms with E-state index >= 15 is 0 Å². The molecule has 0 radical (unpaired) electrons. The van der Waals surface area contributed by atoms with Crippen LogP contribution in [-0.4, -0.2) is 22.4 Å². The van der Waals surface area contributed by atoms with Gasteiger partial charge < -0.3 is 10.6 Å². The maximum absolute atomic E-state index is 13.3. The Kier molecular flexibility index (Phi) is 7.27. The third kappa shape index (κ3) is 5.50. The number of nitrogens with one attached hydrogen (secondary N) is 2. The van der Waals surface area contributed by atoms with E-state index < -0.39 is 10.8 Å². The van der Waals surface area contributed by atoms with Gasteiger partial charge in [-0.05, 0) is 23.0 Å². The summed E-state index contributed by atoms with van der Waals surface area (Å²) in [6.45, 7) is 4.41. The van der Waals surface area contributed by atoms with Gasteiger partial charge in [-0.25, -0.2) is 0 Å². The maximum Gasteiger partial charge on any atom is 0.269 e. The number of nitriles is 1. The molecule has 2 N–H and O–H groups in total. The van der Waals surface area contributed by atoms with Gasteiger partial charge >= 0.3 is 0 Å². The molecule has 1 aliphatic heterocycles. The molecule has 2 aromatic carbocycles. The van der Waals surface area contributed by atoms with Crippen molar-refractivity contribution in [1.29, 1.82) is 5.26 Å². The Morgan fingerprint density at radius 2 is 1.97 bits per heavy atom. The van der Waals surface area contributed by atoms with E-state index in [0.717, 1.165) is 5.56 Å². The minimum Gasteiger partial charge on any atom is -0.352 e. The van der Waals surface area contributed by atoms with Crippen LogP contribution in [0.15, 0.2) is 76.5 Å². The third-order valence-corrected chi connectivity index (χ3v) is 7.24. The van der Waals surface area contributed by atoms with Crippen LogP contribution in [0.3, 0.4) is 0 Å². The molecule has 2 aromatic rings. The largest absolute Gasteiger partial charge is 0.352 e. The van der Waals surface area contributed by atoms with Crippen LogP contribution in [0.4, 0.5) is 5.69 Å². The lowest BCUT2D eigenvalue weighted by Crippen LogP contribution is -2.37. The molecular weight excluding hydrogens is 476 g/mol. The number of dihydropyridines is 1. The highest BCUT2D eigenvalue weighted by Crippen LogP contribution is 2.48. The summed E-state index contributed by atoms with van der Waals surface area (Å²) in [6.07, 6.45) is 0.907. The van der Waals surface area contributed by atoms with E-state index in [1.165, 1.54) is 23.9 Å². The molecule has 0 saturated carbocycles. The van der Waals surface area contributed by atoms with Gasteiger partial charge in [-0.15, -0.1) is 0 Å². The fourth-order valence-electron chi connectivity index (χ4n) is 4.63. The monoisotopic (exact) mass is 502 g/mol. The summed E-state index contributed by atoms with van der Waals surface area (Å²) in [7, 11) is 0. The smallest absolute Gasteiger partial charge is 0.269 e. The van der Waals surface area contributed by atoms with Crippen LogP contribution in [0, 0.1) is 26.9 Å². The zero-order valence-electron chi connectivity index (χ0n) is 20.0. The van der Waals surface area contributed by atoms with Crippen molar-refractivity contribution in [3.8, 4) is 6.07 Å². The zero-order chi connectivity index (χ0) is 25.9. The molecule has 1 heterocycles. The Labute approximate surface area is 213 Å². The number of rotatable bonds is 7. The van der Waals surface area contributed by atoms with Gasteiger partial charge in [0.1, 0.15) is 0 Å². The fourth-order valence-corrected chi connectivity index (χ4v) is 5.52. The van der Waals surface area contributed by atoms with E-state index in [4.69, 9.17) is 0 Å². The molecule has 0 spiro atoms. The van der Waals surface area contributed by atoms with Crippen molar-refractivity contribution in [3.63, 3.8) is 0 Å². The van der Waals surface area contributed by atoms with Crippen molar-refractivity contribution in [2.75, 3.05) is 5.75 Å². The van der Waals surface area contributed by atoms with Gasteiger partial charge in [0.25, 0.3) is 5.69 Å². The fraction of sp³-hybridized carbons (Fsp3) is 0.296. The van der Waals surface area contributed by atoms with Gasteiger partial charge in [0.05, 0.1) is 33.3 Å². The molecule has 1 atom stereocenters. The number of carbonyl (C=O) groups excluding carboxylic acids is 2. The summed E-state index contributed by atoms with van der Waals surface area (Å²) < 4.78 is 0. The van der Waals surface area contributed by atoms with E-state index in [1.807, 2.05) is 44.2 Å². The molecule has 36 heavy (non-hydrogen) atoms. The number of nitrogens with zero attached hydrogens (tertiary/aromatic N) is 2. The quantitative estimate of drug-likeness (QED) is 0.415. The topological polar surface area (TPSA) is 125 Å². The number of amides is 1. The van der Waals surface area contributed by atoms with Crippen LogP contribution >= 0.6 is 11.8 Å². The van der Waals surface area contributed by atoms with Crippen molar-refractivity contribution in [2.24, 2.45) is 5.41 Å². The molecule has 2 aliphatic rings. The number of nitro benzene ring substituents is 1. The summed E-state index contributed by atoms with van der Waals surface area (Å²) in [5, 5.41) is 28.2. The first-order valence-corrected chi connectivity index (χ1v) is 12.5. The predicted molar refractivity (Wildman–Crippen MR) is 137 cm³/mol. The Hall–Kier alpha value is -3.90. The molecule has 1 amide bonds. The molecule has 0 saturated heterocycles. The lowest BCUT2D eigenvalue weighted by Gasteiger charge is -2.39. The number of nitro groups is 1. The molecule has 4 rings (SSSR count). The first kappa shape index (κ1) is 25.2. The molecule has 1 aliphatic carbocycles. The van der Waals surface area contributed by atoms with Crippen LogP contribution in [0.1, 0.15) is 43.7 Å². The number of carbonyl (C=O) groups is 2. The van der Waals surface area contributed by atoms with E-state index in [2.05, 4.69) is 16.7 Å². The number of benzene rings is 2. The minimum absolute atomic E-state index is 0.0714. The Morgan fingerprint density at radius 3 is 2.67 bits per heavy atom. The van der Waals surface area contributed by atoms with Crippen molar-refractivity contribution < 1.29 is 14.5 Å². The number of Topliss-reactive ketones (excluding diaryl/α,β-unsaturated/α-hetero) is 1. The molecule has 0 aromatic heterocycles. The molecule has 9 heteroatoms. The average molecular weight is 503 g/mol. The third-order valence-electron chi connectivity index (χ3n) is 6.22. The second kappa shape index (κ2) is 10.4. The summed E-state index contributed by atoms with van der Waals surface area (Å²) in [5.74, 6) is -0.934. The normalized spacial score (nSPS) is 18.7. The SMILES string of the molecule is CC1(C)CC(=O)C2=C(C1)NC(SCC(=O)NCc1ccccc1)=C(C#N)[C@@H]2c1cccc([N+](=O)[O-])c1. The highest BCUT2D eigenvalue weighted by atomic mass is 32.2. The first-order chi connectivity index (χ1) is 17.2. The number of ketones is 1. The number of non-ortho nitro benzene ring substituents is 1. The van der Waals surface area contributed by atoms with Crippen LogP contribution in [0.5, 0.6) is 0 Å². The number of thioether (sulfide) groups is 1. The Balaban J connectivity index is 1.64. The van der Waals surface area contributed by atoms with Crippen LogP contribution in [0.25, 0.3) is 0 Å². The summed E-state index contributed by atoms with van der Waals surface area (Å²) >= 11 is 1.19. The lowest BCUT2D eigenvalue weighted by molar-refractivity contribution is -0.384. The van der Waals surface area contributed by atoms with Crippen molar-refractivity contribution in [2.45, 2.75) is 39.2 Å². The lowest BCUT2D eigenvalue weighted by atomic mass is 9.69. The Bertz CT molecular complexity index is 1320. The van der Waals surface area contributed by atoms with E-state index in [1.54, 1.807) is 12.1 Å². The van der Waals surface area contributed by atoms with Gasteiger partial charge in [-0.1, -0.05) is 68.1 Å². The van der Waals surface area contributed by atoms with Crippen LogP contribution in [0.2, 0.25) is 0 Å². The maximum atomic E-state index is 13.3. The van der Waals surface area contributed by atoms with E-state index in [0.29, 0.717) is 41.2 Å². The Morgan fingerprint density at radius 1 is 1.22 bits per heavy atom. The molecule has 8 nitrogen and oxygen atoms in total. The van der Waals surface area contributed by atoms with E-state index in [-0.39, 0.29) is 34.1 Å². The highest BCUT2D eigenvalue weighted by Gasteiger charge is 2.42. The van der Waals surface area contributed by atoms with Gasteiger partial charge in [0.15, 0.2) is 5.78 Å². The minimum atomic E-state index is -0.732. The second-order valence-corrected chi connectivity index (χ2v) is 10.6. The summed E-state index contributed by atoms with van der Waals surface area (Å²) in [5.41, 5.74) is 2.57. The predicted octanol–water partition coefficient (Wildman–Crippen LogP) is 4.71. The van der Waals surface area contributed by atoms with Crippen LogP contribution < -0.4 is 10.6 Å². The standard InChI is InChI=1S/C27H26N4O4S/c1-27(2)12-21-25(22(32)13-27)24(18-9-6-10-19(11-18)31(34)35)20(14-28)26(30-21)36-16-23(33)29-15-17-7-4-3-5-8-17/h3-11,24,30H,12-13,15-16H2,1-2H3,(H,29,33)/t24-/m0/s1. The second-order valence-electron chi connectivity index (χ2n) is 9.65. The summed E-state index contributed by atoms with van der Waals surface area (Å²) in [4.78, 5) is 36.7. The van der Waals surface area contributed by atoms with Gasteiger partial charge in [0.2, 0.25) is 5.91 Å². The average Bonchev–Trinajstić information content (AvgIpc) is 2.85. The first-order valence-electron chi connectivity index (χ1n) is 11.5. The molecular formula is C27H26N4O4S. The van der Waals surface area contributed by atoms with Crippen molar-refractivity contribution in [1.82, 2.24) is 10.6 Å². The van der Waals surface area contributed by atoms with Gasteiger partial charge in [0, 0.05) is 36.4 Å². The number of hydrogen-bond donors (Lipinski definition) is 2. The molecule has 0 bridgehead atoms. The van der Waals surface area contributed by atoms with Crippen LogP contribution in [-0.2, 0) is 16.1 Å². The van der Waals surface area contributed by atoms with Crippen molar-refractivity contribution >= 4 is 29.1 Å². The highest BCUT2D eigenvalue weighted by molar-refractivity contribution is 8.03. The van der Waals surface area contributed by atoms with Crippen molar-refractivity contribution in [3.05, 3.63) is 97.7 Å². The van der Waals surface area contributed by atoms with E-state index in [9.17, 15) is 25.0 Å². The summed E-state index contributed by atoms with van der Waals surface area (Å²) in [6, 6.07) is 17.8. The molecule has 0 unspecified atom stereocenters. The molecule has 0 fully saturated rings. The van der Waals surface area contributed by atoms with Gasteiger partial charge in [-0.2, -0.15) is 5.26 Å². The number of allylic oxidation sites excluding steroid dienone is 3.